The van der Waals surface area contributed by atoms with Gasteiger partial charge in [0.15, 0.2) is 8.32 Å². The van der Waals surface area contributed by atoms with Crippen molar-refractivity contribution in [2.75, 3.05) is 6.61 Å². The molecule has 74 valence electrons. The Morgan fingerprint density at radius 1 is 1.38 bits per heavy atom. The van der Waals surface area contributed by atoms with Crippen molar-refractivity contribution in [3.8, 4) is 0 Å². The van der Waals surface area contributed by atoms with Crippen LogP contribution in [0.15, 0.2) is 12.2 Å². The topological polar surface area (TPSA) is 9.23 Å². The van der Waals surface area contributed by atoms with Gasteiger partial charge in [0.25, 0.3) is 0 Å². The molecule has 0 N–H and O–H groups in total. The van der Waals surface area contributed by atoms with Crippen LogP contribution in [-0.2, 0) is 4.43 Å². The summed E-state index contributed by atoms with van der Waals surface area (Å²) in [5, 5.41) is 0. The van der Waals surface area contributed by atoms with Crippen LogP contribution in [0.25, 0.3) is 0 Å². The Bertz CT molecular complexity index is 217. The van der Waals surface area contributed by atoms with E-state index in [2.05, 4.69) is 31.8 Å². The summed E-state index contributed by atoms with van der Waals surface area (Å²) in [7, 11) is -1.27. The van der Waals surface area contributed by atoms with Crippen LogP contribution >= 0.6 is 0 Å². The lowest BCUT2D eigenvalue weighted by Gasteiger charge is -2.16. The molecule has 0 saturated heterocycles. The standard InChI is InChI=1S/C11H20OSi/c1-13(2,3)12-8-11-9-6-4-5-7-10(9)11/h4,6,9-11H,5,7-8H2,1-3H3/t9-,10+,11-/m0/s1. The summed E-state index contributed by atoms with van der Waals surface area (Å²) in [6.07, 6.45) is 7.45. The molecule has 0 aromatic heterocycles. The second-order valence-corrected chi connectivity index (χ2v) is 9.85. The summed E-state index contributed by atoms with van der Waals surface area (Å²) in [5.41, 5.74) is 0. The molecule has 1 fully saturated rings. The second-order valence-electron chi connectivity index (χ2n) is 5.33. The maximum absolute atomic E-state index is 5.95. The Morgan fingerprint density at radius 2 is 2.15 bits per heavy atom. The molecule has 3 atom stereocenters. The molecular formula is C11H20OSi. The van der Waals surface area contributed by atoms with Gasteiger partial charge in [-0.1, -0.05) is 12.2 Å². The molecule has 1 saturated carbocycles. The molecule has 0 bridgehead atoms. The van der Waals surface area contributed by atoms with Gasteiger partial charge in [-0.2, -0.15) is 0 Å². The first kappa shape index (κ1) is 9.47. The van der Waals surface area contributed by atoms with Crippen molar-refractivity contribution < 1.29 is 4.43 Å². The highest BCUT2D eigenvalue weighted by Gasteiger charge is 2.48. The van der Waals surface area contributed by atoms with Gasteiger partial charge in [0.1, 0.15) is 0 Å². The Kier molecular flexibility index (Phi) is 2.36. The molecule has 13 heavy (non-hydrogen) atoms. The molecule has 2 rings (SSSR count). The first-order valence-corrected chi connectivity index (χ1v) is 8.79. The fourth-order valence-corrected chi connectivity index (χ4v) is 2.98. The molecule has 0 radical (unpaired) electrons. The number of fused-ring (bicyclic) bond motifs is 1. The van der Waals surface area contributed by atoms with E-state index in [0.29, 0.717) is 0 Å². The minimum absolute atomic E-state index is 0.866. The van der Waals surface area contributed by atoms with E-state index < -0.39 is 8.32 Å². The molecular weight excluding hydrogens is 176 g/mol. The third-order valence-corrected chi connectivity index (χ3v) is 4.16. The van der Waals surface area contributed by atoms with E-state index in [-0.39, 0.29) is 0 Å². The monoisotopic (exact) mass is 196 g/mol. The van der Waals surface area contributed by atoms with E-state index in [1.54, 1.807) is 0 Å². The maximum Gasteiger partial charge on any atom is 0.183 e. The fraction of sp³-hybridized carbons (Fsp3) is 0.818. The molecule has 0 amide bonds. The van der Waals surface area contributed by atoms with Crippen LogP contribution in [0.3, 0.4) is 0 Å². The van der Waals surface area contributed by atoms with Crippen molar-refractivity contribution in [2.24, 2.45) is 17.8 Å². The Morgan fingerprint density at radius 3 is 2.69 bits per heavy atom. The zero-order valence-corrected chi connectivity index (χ0v) is 9.92. The summed E-state index contributed by atoms with van der Waals surface area (Å²) in [5.74, 6) is 2.72. The first-order valence-electron chi connectivity index (χ1n) is 5.38. The third-order valence-electron chi connectivity index (χ3n) is 3.13. The molecule has 0 aromatic carbocycles. The molecule has 2 aliphatic rings. The number of hydrogen-bond acceptors (Lipinski definition) is 1. The minimum Gasteiger partial charge on any atom is -0.417 e. The summed E-state index contributed by atoms with van der Waals surface area (Å²) in [4.78, 5) is 0. The van der Waals surface area contributed by atoms with E-state index in [9.17, 15) is 0 Å². The van der Waals surface area contributed by atoms with Crippen molar-refractivity contribution in [3.63, 3.8) is 0 Å². The lowest BCUT2D eigenvalue weighted by Crippen LogP contribution is -2.26. The van der Waals surface area contributed by atoms with Crippen LogP contribution in [0.4, 0.5) is 0 Å². The van der Waals surface area contributed by atoms with Crippen LogP contribution in [0.2, 0.25) is 19.6 Å². The Balaban J connectivity index is 1.77. The normalized spacial score (nSPS) is 37.3. The van der Waals surface area contributed by atoms with Crippen molar-refractivity contribution in [2.45, 2.75) is 32.5 Å². The van der Waals surface area contributed by atoms with Crippen LogP contribution in [-0.4, -0.2) is 14.9 Å². The smallest absolute Gasteiger partial charge is 0.183 e. The number of hydrogen-bond donors (Lipinski definition) is 0. The van der Waals surface area contributed by atoms with Crippen molar-refractivity contribution in [3.05, 3.63) is 12.2 Å². The minimum atomic E-state index is -1.27. The lowest BCUT2D eigenvalue weighted by molar-refractivity contribution is 0.282. The molecule has 0 unspecified atom stereocenters. The molecule has 2 heteroatoms. The molecule has 0 spiro atoms. The number of allylic oxidation sites excluding steroid dienone is 2. The van der Waals surface area contributed by atoms with Crippen LogP contribution in [0.5, 0.6) is 0 Å². The van der Waals surface area contributed by atoms with Gasteiger partial charge in [-0.05, 0) is 50.2 Å². The van der Waals surface area contributed by atoms with Gasteiger partial charge < -0.3 is 4.43 Å². The first-order chi connectivity index (χ1) is 6.08. The fourth-order valence-electron chi connectivity index (χ4n) is 2.29. The Labute approximate surface area is 82.3 Å². The zero-order chi connectivity index (χ0) is 9.47. The maximum atomic E-state index is 5.95. The molecule has 1 nitrogen and oxygen atoms in total. The highest BCUT2D eigenvalue weighted by molar-refractivity contribution is 6.69. The van der Waals surface area contributed by atoms with E-state index in [4.69, 9.17) is 4.43 Å². The van der Waals surface area contributed by atoms with Gasteiger partial charge in [-0.3, -0.25) is 0 Å². The zero-order valence-electron chi connectivity index (χ0n) is 8.92. The van der Waals surface area contributed by atoms with E-state index in [1.807, 2.05) is 0 Å². The van der Waals surface area contributed by atoms with Crippen LogP contribution in [0.1, 0.15) is 12.8 Å². The van der Waals surface area contributed by atoms with Crippen LogP contribution < -0.4 is 0 Å². The van der Waals surface area contributed by atoms with Gasteiger partial charge in [0.05, 0.1) is 0 Å². The average Bonchev–Trinajstić information content (AvgIpc) is 2.73. The highest BCUT2D eigenvalue weighted by Crippen LogP contribution is 2.52. The molecule has 0 heterocycles. The van der Waals surface area contributed by atoms with Crippen molar-refractivity contribution in [1.29, 1.82) is 0 Å². The number of rotatable bonds is 3. The quantitative estimate of drug-likeness (QED) is 0.498. The van der Waals surface area contributed by atoms with Crippen molar-refractivity contribution >= 4 is 8.32 Å². The predicted molar refractivity (Wildman–Crippen MR) is 58.1 cm³/mol. The highest BCUT2D eigenvalue weighted by atomic mass is 28.4. The van der Waals surface area contributed by atoms with Gasteiger partial charge >= 0.3 is 0 Å². The largest absolute Gasteiger partial charge is 0.417 e. The summed E-state index contributed by atoms with van der Waals surface area (Å²) in [6.45, 7) is 7.84. The van der Waals surface area contributed by atoms with Gasteiger partial charge in [0, 0.05) is 6.61 Å². The van der Waals surface area contributed by atoms with Gasteiger partial charge in [-0.15, -0.1) is 0 Å². The van der Waals surface area contributed by atoms with Gasteiger partial charge in [-0.25, -0.2) is 0 Å². The third kappa shape index (κ3) is 2.23. The van der Waals surface area contributed by atoms with E-state index in [1.165, 1.54) is 12.8 Å². The molecule has 2 aliphatic carbocycles. The summed E-state index contributed by atoms with van der Waals surface area (Å²) < 4.78 is 5.95. The SMILES string of the molecule is C[Si](C)(C)OC[C@H]1[C@H]2C=CCC[C@H]21. The summed E-state index contributed by atoms with van der Waals surface area (Å²) >= 11 is 0. The van der Waals surface area contributed by atoms with E-state index >= 15 is 0 Å². The van der Waals surface area contributed by atoms with Crippen molar-refractivity contribution in [1.82, 2.24) is 0 Å². The Hall–Kier alpha value is -0.0831. The summed E-state index contributed by atoms with van der Waals surface area (Å²) in [6, 6.07) is 0. The predicted octanol–water partition coefficient (Wildman–Crippen LogP) is 3.05. The average molecular weight is 196 g/mol. The van der Waals surface area contributed by atoms with E-state index in [0.717, 1.165) is 24.4 Å². The second kappa shape index (κ2) is 3.25. The van der Waals surface area contributed by atoms with Crippen LogP contribution in [0, 0.1) is 17.8 Å². The molecule has 0 aromatic rings. The molecule has 0 aliphatic heterocycles. The lowest BCUT2D eigenvalue weighted by atomic mass is 10.1. The van der Waals surface area contributed by atoms with Gasteiger partial charge in [0.2, 0.25) is 0 Å².